The average Bonchev–Trinajstić information content (AvgIpc) is 3.22. The molecule has 1 saturated carbocycles. The number of likely N-dealkylation sites (tertiary alicyclic amines) is 1. The molecule has 1 aromatic carbocycles. The van der Waals surface area contributed by atoms with Gasteiger partial charge in [0.2, 0.25) is 5.91 Å². The Balaban J connectivity index is 0.00000182. The zero-order valence-electron chi connectivity index (χ0n) is 14.4. The van der Waals surface area contributed by atoms with Crippen LogP contribution in [-0.2, 0) is 17.9 Å². The fourth-order valence-corrected chi connectivity index (χ4v) is 4.48. The summed E-state index contributed by atoms with van der Waals surface area (Å²) < 4.78 is 3.33. The number of carbonyl (C=O) groups is 1. The second-order valence-corrected chi connectivity index (χ2v) is 7.07. The van der Waals surface area contributed by atoms with Crippen LogP contribution in [0.4, 0.5) is 0 Å². The van der Waals surface area contributed by atoms with E-state index in [4.69, 9.17) is 5.73 Å². The first-order valence-electron chi connectivity index (χ1n) is 8.81. The van der Waals surface area contributed by atoms with E-state index < -0.39 is 0 Å². The van der Waals surface area contributed by atoms with Crippen LogP contribution in [0.1, 0.15) is 19.8 Å². The number of fused-ring (bicyclic) bond motifs is 2. The van der Waals surface area contributed by atoms with Gasteiger partial charge in [-0.1, -0.05) is 12.1 Å². The normalized spacial score (nSPS) is 25.2. The molecule has 2 N–H and O–H groups in total. The summed E-state index contributed by atoms with van der Waals surface area (Å²) in [6, 6.07) is 7.88. The molecule has 1 saturated heterocycles. The summed E-state index contributed by atoms with van der Waals surface area (Å²) in [6.45, 7) is 4.19. The molecule has 1 aliphatic heterocycles. The van der Waals surface area contributed by atoms with Gasteiger partial charge in [-0.2, -0.15) is 0 Å². The Bertz CT molecular complexity index is 843. The van der Waals surface area contributed by atoms with E-state index in [2.05, 4.69) is 0 Å². The Morgan fingerprint density at radius 2 is 1.84 bits per heavy atom. The minimum atomic E-state index is -0.108. The Morgan fingerprint density at radius 1 is 1.16 bits per heavy atom. The summed E-state index contributed by atoms with van der Waals surface area (Å²) in [5, 5.41) is 0. The molecule has 0 radical (unpaired) electrons. The molecule has 7 heteroatoms. The second kappa shape index (κ2) is 6.84. The zero-order valence-corrected chi connectivity index (χ0v) is 15.2. The van der Waals surface area contributed by atoms with Crippen LogP contribution < -0.4 is 11.4 Å². The molecule has 0 spiro atoms. The van der Waals surface area contributed by atoms with E-state index in [1.807, 2.05) is 36.1 Å². The lowest BCUT2D eigenvalue weighted by molar-refractivity contribution is -0.131. The molecular formula is C18H25ClN4O2. The predicted molar refractivity (Wildman–Crippen MR) is 99.9 cm³/mol. The number of nitrogens with two attached hydrogens (primary N) is 1. The van der Waals surface area contributed by atoms with Crippen LogP contribution in [-0.4, -0.2) is 39.1 Å². The molecule has 4 rings (SSSR count). The van der Waals surface area contributed by atoms with Crippen molar-refractivity contribution >= 4 is 29.3 Å². The number of benzene rings is 1. The SMILES string of the molecule is CCn1c(=O)n(CC(=O)N2CC3CCC(N)C3C2)c2ccccc21.Cl. The maximum atomic E-state index is 12.8. The summed E-state index contributed by atoms with van der Waals surface area (Å²) in [4.78, 5) is 27.3. The summed E-state index contributed by atoms with van der Waals surface area (Å²) in [6.07, 6.45) is 2.19. The van der Waals surface area contributed by atoms with Gasteiger partial charge in [0.1, 0.15) is 6.54 Å². The lowest BCUT2D eigenvalue weighted by atomic mass is 9.98. The van der Waals surface area contributed by atoms with Gasteiger partial charge in [-0.05, 0) is 43.7 Å². The molecule has 2 aliphatic rings. The van der Waals surface area contributed by atoms with Crippen molar-refractivity contribution < 1.29 is 4.79 Å². The summed E-state index contributed by atoms with van der Waals surface area (Å²) in [7, 11) is 0. The smallest absolute Gasteiger partial charge is 0.329 e. The van der Waals surface area contributed by atoms with Crippen LogP contribution in [0.15, 0.2) is 29.1 Å². The monoisotopic (exact) mass is 364 g/mol. The number of aryl methyl sites for hydroxylation is 1. The summed E-state index contributed by atoms with van der Waals surface area (Å²) in [5.41, 5.74) is 7.76. The van der Waals surface area contributed by atoms with Crippen LogP contribution in [0.25, 0.3) is 11.0 Å². The molecule has 1 aromatic heterocycles. The van der Waals surface area contributed by atoms with E-state index in [1.54, 1.807) is 9.13 Å². The Morgan fingerprint density at radius 3 is 2.48 bits per heavy atom. The van der Waals surface area contributed by atoms with Crippen molar-refractivity contribution in [3.63, 3.8) is 0 Å². The molecule has 3 unspecified atom stereocenters. The highest BCUT2D eigenvalue weighted by Gasteiger charge is 2.42. The van der Waals surface area contributed by atoms with Crippen LogP contribution in [0, 0.1) is 11.8 Å². The molecule has 1 amide bonds. The summed E-state index contributed by atoms with van der Waals surface area (Å²) >= 11 is 0. The van der Waals surface area contributed by atoms with Gasteiger partial charge in [-0.25, -0.2) is 4.79 Å². The van der Waals surface area contributed by atoms with Gasteiger partial charge < -0.3 is 10.6 Å². The highest BCUT2D eigenvalue weighted by Crippen LogP contribution is 2.37. The van der Waals surface area contributed by atoms with Gasteiger partial charge in [-0.15, -0.1) is 12.4 Å². The van der Waals surface area contributed by atoms with Gasteiger partial charge in [0.15, 0.2) is 0 Å². The number of imidazole rings is 1. The standard InChI is InChI=1S/C18H24N4O2.ClH/c1-2-21-15-5-3-4-6-16(15)22(18(21)24)11-17(23)20-9-12-7-8-14(19)13(12)10-20;/h3-6,12-14H,2,7-11,19H2,1H3;1H. The minimum Gasteiger partial charge on any atom is -0.341 e. The largest absolute Gasteiger partial charge is 0.341 e. The molecule has 2 fully saturated rings. The number of aromatic nitrogens is 2. The number of para-hydroxylation sites is 2. The van der Waals surface area contributed by atoms with E-state index in [-0.39, 0.29) is 36.6 Å². The Hall–Kier alpha value is -1.79. The van der Waals surface area contributed by atoms with E-state index in [0.29, 0.717) is 18.4 Å². The fourth-order valence-electron chi connectivity index (χ4n) is 4.48. The number of hydrogen-bond donors (Lipinski definition) is 1. The highest BCUT2D eigenvalue weighted by atomic mass is 35.5. The molecule has 136 valence electrons. The van der Waals surface area contributed by atoms with Crippen LogP contribution in [0.2, 0.25) is 0 Å². The number of nitrogens with zero attached hydrogens (tertiary/aromatic N) is 3. The van der Waals surface area contributed by atoms with Crippen LogP contribution in [0.3, 0.4) is 0 Å². The first-order valence-corrected chi connectivity index (χ1v) is 8.81. The number of halogens is 1. The van der Waals surface area contributed by atoms with Gasteiger partial charge in [-0.3, -0.25) is 13.9 Å². The van der Waals surface area contributed by atoms with Crippen LogP contribution in [0.5, 0.6) is 0 Å². The first-order chi connectivity index (χ1) is 11.6. The topological polar surface area (TPSA) is 73.3 Å². The van der Waals surface area contributed by atoms with Crippen molar-refractivity contribution in [1.82, 2.24) is 14.0 Å². The quantitative estimate of drug-likeness (QED) is 0.895. The molecule has 3 atom stereocenters. The van der Waals surface area contributed by atoms with Gasteiger partial charge in [0.25, 0.3) is 0 Å². The fraction of sp³-hybridized carbons (Fsp3) is 0.556. The molecule has 2 aromatic rings. The summed E-state index contributed by atoms with van der Waals surface area (Å²) in [5.74, 6) is 0.998. The van der Waals surface area contributed by atoms with Crippen molar-refractivity contribution in [3.8, 4) is 0 Å². The Kier molecular flexibility index (Phi) is 4.93. The molecule has 0 bridgehead atoms. The molecule has 6 nitrogen and oxygen atoms in total. The van der Waals surface area contributed by atoms with Gasteiger partial charge in [0.05, 0.1) is 11.0 Å². The van der Waals surface area contributed by atoms with E-state index >= 15 is 0 Å². The number of hydrogen-bond acceptors (Lipinski definition) is 3. The number of carbonyl (C=O) groups excluding carboxylic acids is 1. The highest BCUT2D eigenvalue weighted by molar-refractivity contribution is 5.85. The first kappa shape index (κ1) is 18.0. The molecular weight excluding hydrogens is 340 g/mol. The Labute approximate surface area is 153 Å². The molecule has 1 aliphatic carbocycles. The third kappa shape index (κ3) is 2.87. The van der Waals surface area contributed by atoms with Crippen molar-refractivity contribution in [2.45, 2.75) is 38.9 Å². The van der Waals surface area contributed by atoms with Crippen molar-refractivity contribution in [3.05, 3.63) is 34.7 Å². The maximum absolute atomic E-state index is 12.8. The van der Waals surface area contributed by atoms with E-state index in [1.165, 1.54) is 0 Å². The molecule has 2 heterocycles. The van der Waals surface area contributed by atoms with Crippen molar-refractivity contribution in [2.75, 3.05) is 13.1 Å². The van der Waals surface area contributed by atoms with E-state index in [0.717, 1.165) is 37.0 Å². The van der Waals surface area contributed by atoms with Crippen molar-refractivity contribution in [1.29, 1.82) is 0 Å². The molecule has 25 heavy (non-hydrogen) atoms. The lowest BCUT2D eigenvalue weighted by Crippen LogP contribution is -2.37. The van der Waals surface area contributed by atoms with Gasteiger partial charge in [0, 0.05) is 25.7 Å². The average molecular weight is 365 g/mol. The number of rotatable bonds is 3. The third-order valence-corrected chi connectivity index (χ3v) is 5.80. The minimum absolute atomic E-state index is 0. The predicted octanol–water partition coefficient (Wildman–Crippen LogP) is 1.44. The zero-order chi connectivity index (χ0) is 16.8. The second-order valence-electron chi connectivity index (χ2n) is 7.07. The third-order valence-electron chi connectivity index (χ3n) is 5.80. The van der Waals surface area contributed by atoms with Gasteiger partial charge >= 0.3 is 5.69 Å². The van der Waals surface area contributed by atoms with Crippen LogP contribution >= 0.6 is 12.4 Å². The maximum Gasteiger partial charge on any atom is 0.329 e. The van der Waals surface area contributed by atoms with E-state index in [9.17, 15) is 9.59 Å². The lowest BCUT2D eigenvalue weighted by Gasteiger charge is -2.19. The van der Waals surface area contributed by atoms with Crippen molar-refractivity contribution in [2.24, 2.45) is 17.6 Å². The number of amides is 1.